The first-order valence-corrected chi connectivity index (χ1v) is 6.21. The van der Waals surface area contributed by atoms with Crippen LogP contribution in [0.4, 0.5) is 0 Å². The number of methoxy groups -OCH3 is 2. The second-order valence-corrected chi connectivity index (χ2v) is 4.36. The van der Waals surface area contributed by atoms with Crippen molar-refractivity contribution in [3.63, 3.8) is 0 Å². The third-order valence-corrected chi connectivity index (χ3v) is 3.08. The van der Waals surface area contributed by atoms with E-state index < -0.39 is 0 Å². The molecule has 2 aromatic rings. The maximum atomic E-state index is 9.55. The molecule has 1 N–H and O–H groups in total. The molecular weight excluding hydrogens is 240 g/mol. The average Bonchev–Trinajstić information content (AvgIpc) is 2.46. The Balaban J connectivity index is 2.05. The monoisotopic (exact) mass is 258 g/mol. The highest BCUT2D eigenvalue weighted by atomic mass is 16.5. The molecule has 0 aliphatic carbocycles. The Labute approximate surface area is 113 Å². The summed E-state index contributed by atoms with van der Waals surface area (Å²) in [6.45, 7) is 0. The highest BCUT2D eigenvalue weighted by Crippen LogP contribution is 2.27. The minimum atomic E-state index is 0.174. The summed E-state index contributed by atoms with van der Waals surface area (Å²) in [4.78, 5) is 0. The largest absolute Gasteiger partial charge is 0.504 e. The van der Waals surface area contributed by atoms with E-state index in [2.05, 4.69) is 6.07 Å². The van der Waals surface area contributed by atoms with E-state index in [1.807, 2.05) is 30.3 Å². The molecule has 0 aliphatic heterocycles. The van der Waals surface area contributed by atoms with Gasteiger partial charge in [-0.2, -0.15) is 0 Å². The van der Waals surface area contributed by atoms with Crippen LogP contribution < -0.4 is 9.47 Å². The van der Waals surface area contributed by atoms with Crippen LogP contribution in [0.5, 0.6) is 17.2 Å². The Morgan fingerprint density at radius 1 is 0.895 bits per heavy atom. The summed E-state index contributed by atoms with van der Waals surface area (Å²) in [6.07, 6.45) is 1.81. The van der Waals surface area contributed by atoms with E-state index in [0.29, 0.717) is 5.75 Å². The number of phenolic OH excluding ortho intramolecular Hbond substituents is 1. The third kappa shape index (κ3) is 3.41. The normalized spacial score (nSPS) is 10.2. The number of hydrogen-bond acceptors (Lipinski definition) is 3. The summed E-state index contributed by atoms with van der Waals surface area (Å²) >= 11 is 0. The minimum absolute atomic E-state index is 0.174. The zero-order valence-corrected chi connectivity index (χ0v) is 11.2. The van der Waals surface area contributed by atoms with Crippen LogP contribution in [0.1, 0.15) is 11.1 Å². The number of ether oxygens (including phenoxy) is 2. The van der Waals surface area contributed by atoms with E-state index in [9.17, 15) is 5.11 Å². The third-order valence-electron chi connectivity index (χ3n) is 3.08. The Hall–Kier alpha value is -2.16. The van der Waals surface area contributed by atoms with Crippen LogP contribution in [0, 0.1) is 0 Å². The van der Waals surface area contributed by atoms with Gasteiger partial charge in [0.15, 0.2) is 11.5 Å². The van der Waals surface area contributed by atoms with E-state index >= 15 is 0 Å². The van der Waals surface area contributed by atoms with Crippen molar-refractivity contribution in [1.29, 1.82) is 0 Å². The van der Waals surface area contributed by atoms with Crippen molar-refractivity contribution >= 4 is 0 Å². The molecule has 2 rings (SSSR count). The van der Waals surface area contributed by atoms with Crippen LogP contribution in [0.2, 0.25) is 0 Å². The van der Waals surface area contributed by atoms with Gasteiger partial charge in [-0.1, -0.05) is 18.2 Å². The zero-order chi connectivity index (χ0) is 13.7. The van der Waals surface area contributed by atoms with Gasteiger partial charge in [-0.25, -0.2) is 0 Å². The second kappa shape index (κ2) is 6.14. The predicted molar refractivity (Wildman–Crippen MR) is 75.1 cm³/mol. The van der Waals surface area contributed by atoms with E-state index in [4.69, 9.17) is 9.47 Å². The molecule has 0 radical (unpaired) electrons. The number of aryl methyl sites for hydroxylation is 2. The highest BCUT2D eigenvalue weighted by Gasteiger charge is 2.03. The number of phenols is 1. The molecule has 2 aromatic carbocycles. The summed E-state index contributed by atoms with van der Waals surface area (Å²) in [5.74, 6) is 1.57. The highest BCUT2D eigenvalue weighted by molar-refractivity contribution is 5.42. The minimum Gasteiger partial charge on any atom is -0.504 e. The van der Waals surface area contributed by atoms with E-state index in [1.165, 1.54) is 5.56 Å². The van der Waals surface area contributed by atoms with Gasteiger partial charge in [-0.3, -0.25) is 0 Å². The summed E-state index contributed by atoms with van der Waals surface area (Å²) in [5.41, 5.74) is 2.36. The molecule has 0 aliphatic rings. The van der Waals surface area contributed by atoms with Crippen molar-refractivity contribution in [2.24, 2.45) is 0 Å². The van der Waals surface area contributed by atoms with Gasteiger partial charge in [-0.15, -0.1) is 0 Å². The molecule has 0 saturated carbocycles. The van der Waals surface area contributed by atoms with Gasteiger partial charge >= 0.3 is 0 Å². The molecular formula is C16H18O3. The average molecular weight is 258 g/mol. The molecule has 0 aromatic heterocycles. The standard InChI is InChI=1S/C16H18O3/c1-18-14-5-3-4-12(10-14)6-7-13-8-9-15(17)16(11-13)19-2/h3-5,8-11,17H,6-7H2,1-2H3. The lowest BCUT2D eigenvalue weighted by Gasteiger charge is -2.07. The first kappa shape index (κ1) is 13.3. The second-order valence-electron chi connectivity index (χ2n) is 4.36. The van der Waals surface area contributed by atoms with Gasteiger partial charge in [0, 0.05) is 0 Å². The molecule has 0 fully saturated rings. The summed E-state index contributed by atoms with van der Waals surface area (Å²) in [5, 5.41) is 9.55. The molecule has 0 atom stereocenters. The van der Waals surface area contributed by atoms with Crippen molar-refractivity contribution in [3.05, 3.63) is 53.6 Å². The number of benzene rings is 2. The van der Waals surface area contributed by atoms with Gasteiger partial charge in [0.25, 0.3) is 0 Å². The Morgan fingerprint density at radius 2 is 1.63 bits per heavy atom. The van der Waals surface area contributed by atoms with E-state index in [-0.39, 0.29) is 5.75 Å². The molecule has 19 heavy (non-hydrogen) atoms. The van der Waals surface area contributed by atoms with E-state index in [0.717, 1.165) is 24.2 Å². The SMILES string of the molecule is COc1cccc(CCc2ccc(O)c(OC)c2)c1. The number of hydrogen-bond donors (Lipinski definition) is 1. The van der Waals surface area contributed by atoms with Crippen molar-refractivity contribution in [2.45, 2.75) is 12.8 Å². The molecule has 0 bridgehead atoms. The Morgan fingerprint density at radius 3 is 2.32 bits per heavy atom. The first-order chi connectivity index (χ1) is 9.22. The van der Waals surface area contributed by atoms with Crippen molar-refractivity contribution < 1.29 is 14.6 Å². The van der Waals surface area contributed by atoms with Crippen LogP contribution in [-0.4, -0.2) is 19.3 Å². The molecule has 100 valence electrons. The number of rotatable bonds is 5. The Kier molecular flexibility index (Phi) is 4.29. The lowest BCUT2D eigenvalue weighted by molar-refractivity contribution is 0.373. The van der Waals surface area contributed by atoms with Gasteiger partial charge in [-0.05, 0) is 48.2 Å². The van der Waals surface area contributed by atoms with Gasteiger partial charge in [0.1, 0.15) is 5.75 Å². The summed E-state index contributed by atoms with van der Waals surface area (Å²) < 4.78 is 10.3. The van der Waals surface area contributed by atoms with Crippen molar-refractivity contribution in [1.82, 2.24) is 0 Å². The van der Waals surface area contributed by atoms with Crippen molar-refractivity contribution in [3.8, 4) is 17.2 Å². The molecule has 0 amide bonds. The smallest absolute Gasteiger partial charge is 0.160 e. The van der Waals surface area contributed by atoms with Crippen LogP contribution in [0.25, 0.3) is 0 Å². The fourth-order valence-corrected chi connectivity index (χ4v) is 1.99. The van der Waals surface area contributed by atoms with E-state index in [1.54, 1.807) is 20.3 Å². The first-order valence-electron chi connectivity index (χ1n) is 6.21. The van der Waals surface area contributed by atoms with Gasteiger partial charge in [0.2, 0.25) is 0 Å². The summed E-state index contributed by atoms with van der Waals surface area (Å²) in [7, 11) is 3.23. The molecule has 0 unspecified atom stereocenters. The quantitative estimate of drug-likeness (QED) is 0.895. The topological polar surface area (TPSA) is 38.7 Å². The van der Waals surface area contributed by atoms with Gasteiger partial charge < -0.3 is 14.6 Å². The lowest BCUT2D eigenvalue weighted by atomic mass is 10.0. The molecule has 0 spiro atoms. The predicted octanol–water partition coefficient (Wildman–Crippen LogP) is 3.19. The molecule has 3 nitrogen and oxygen atoms in total. The van der Waals surface area contributed by atoms with Crippen LogP contribution in [0.3, 0.4) is 0 Å². The van der Waals surface area contributed by atoms with Crippen LogP contribution in [0.15, 0.2) is 42.5 Å². The zero-order valence-electron chi connectivity index (χ0n) is 11.2. The maximum Gasteiger partial charge on any atom is 0.160 e. The maximum absolute atomic E-state index is 9.55. The Bertz CT molecular complexity index is 549. The summed E-state index contributed by atoms with van der Waals surface area (Å²) in [6, 6.07) is 13.5. The van der Waals surface area contributed by atoms with Crippen LogP contribution in [-0.2, 0) is 12.8 Å². The van der Waals surface area contributed by atoms with Crippen molar-refractivity contribution in [2.75, 3.05) is 14.2 Å². The molecule has 0 saturated heterocycles. The van der Waals surface area contributed by atoms with Gasteiger partial charge in [0.05, 0.1) is 14.2 Å². The number of aromatic hydroxyl groups is 1. The fourth-order valence-electron chi connectivity index (χ4n) is 1.99. The van der Waals surface area contributed by atoms with Crippen LogP contribution >= 0.6 is 0 Å². The lowest BCUT2D eigenvalue weighted by Crippen LogP contribution is -1.93. The molecule has 0 heterocycles. The molecule has 3 heteroatoms. The fraction of sp³-hybridized carbons (Fsp3) is 0.250.